The summed E-state index contributed by atoms with van der Waals surface area (Å²) in [5.74, 6) is -0.658. The van der Waals surface area contributed by atoms with Crippen molar-refractivity contribution < 1.29 is 22.7 Å². The normalized spacial score (nSPS) is 18.7. The van der Waals surface area contributed by atoms with Crippen molar-refractivity contribution in [2.24, 2.45) is 5.10 Å². The average Bonchev–Trinajstić information content (AvgIpc) is 2.51. The van der Waals surface area contributed by atoms with E-state index in [0.29, 0.717) is 0 Å². The molecular weight excluding hydrogens is 313 g/mol. The molecule has 0 spiro atoms. The molecule has 1 amide bonds. The van der Waals surface area contributed by atoms with Gasteiger partial charge in [-0.2, -0.15) is 23.5 Å². The third-order valence-corrected chi connectivity index (χ3v) is 3.13. The van der Waals surface area contributed by atoms with Crippen LogP contribution in [-0.4, -0.2) is 36.5 Å². The van der Waals surface area contributed by atoms with E-state index >= 15 is 0 Å². The van der Waals surface area contributed by atoms with Gasteiger partial charge in [-0.05, 0) is 25.1 Å². The summed E-state index contributed by atoms with van der Waals surface area (Å²) in [6, 6.07) is 6.05. The van der Waals surface area contributed by atoms with Crippen LogP contribution < -0.4 is 5.01 Å². The first-order valence-corrected chi connectivity index (χ1v) is 6.63. The Morgan fingerprint density at radius 2 is 2.13 bits per heavy atom. The Kier molecular flexibility index (Phi) is 4.56. The average molecular weight is 326 g/mol. The number of hydrogen-bond donors (Lipinski definition) is 0. The smallest absolute Gasteiger partial charge is 0.339 e. The van der Waals surface area contributed by atoms with Crippen molar-refractivity contribution >= 4 is 17.3 Å². The molecule has 0 unspecified atom stereocenters. The number of amides is 1. The zero-order valence-electron chi connectivity index (χ0n) is 12.3. The third-order valence-electron chi connectivity index (χ3n) is 3.13. The van der Waals surface area contributed by atoms with Crippen LogP contribution in [-0.2, 0) is 15.7 Å². The second kappa shape index (κ2) is 6.26. The minimum absolute atomic E-state index is 0.0605. The lowest BCUT2D eigenvalue weighted by Gasteiger charge is -2.38. The number of halogens is 3. The molecule has 23 heavy (non-hydrogen) atoms. The van der Waals surface area contributed by atoms with Gasteiger partial charge in [-0.15, -0.1) is 0 Å². The number of alkyl halides is 3. The van der Waals surface area contributed by atoms with Crippen LogP contribution in [0.1, 0.15) is 12.5 Å². The molecule has 1 aromatic rings. The Hall–Kier alpha value is -2.60. The summed E-state index contributed by atoms with van der Waals surface area (Å²) in [6.07, 6.45) is -5.55. The number of hydrazone groups is 1. The maximum Gasteiger partial charge on any atom is 0.416 e. The first-order valence-electron chi connectivity index (χ1n) is 6.63. The minimum atomic E-state index is -4.52. The first kappa shape index (κ1) is 16.8. The largest absolute Gasteiger partial charge is 0.416 e. The molecule has 1 aromatic carbocycles. The number of carbonyl (C=O) groups excluding carboxylic acids is 1. The van der Waals surface area contributed by atoms with Gasteiger partial charge in [0.05, 0.1) is 11.3 Å². The van der Waals surface area contributed by atoms with Gasteiger partial charge in [-0.25, -0.2) is 5.01 Å². The van der Waals surface area contributed by atoms with Crippen LogP contribution in [0.15, 0.2) is 29.4 Å². The highest BCUT2D eigenvalue weighted by Crippen LogP contribution is 2.33. The van der Waals surface area contributed by atoms with Gasteiger partial charge >= 0.3 is 6.18 Å². The van der Waals surface area contributed by atoms with Crippen LogP contribution in [0.3, 0.4) is 0 Å². The summed E-state index contributed by atoms with van der Waals surface area (Å²) in [5, 5.41) is 13.9. The van der Waals surface area contributed by atoms with Gasteiger partial charge in [0.1, 0.15) is 6.07 Å². The fourth-order valence-corrected chi connectivity index (χ4v) is 2.04. The number of rotatable bonds is 3. The maximum absolute atomic E-state index is 12.9. The Morgan fingerprint density at radius 3 is 2.70 bits per heavy atom. The van der Waals surface area contributed by atoms with Gasteiger partial charge in [0.2, 0.25) is 12.1 Å². The van der Waals surface area contributed by atoms with Crippen LogP contribution in [0.5, 0.6) is 0 Å². The fourth-order valence-electron chi connectivity index (χ4n) is 2.04. The van der Waals surface area contributed by atoms with Crippen molar-refractivity contribution in [2.75, 3.05) is 18.7 Å². The highest BCUT2D eigenvalue weighted by Gasteiger charge is 2.37. The summed E-state index contributed by atoms with van der Waals surface area (Å²) >= 11 is 0. The number of ether oxygens (including phenoxy) is 1. The van der Waals surface area contributed by atoms with E-state index in [1.165, 1.54) is 19.2 Å². The summed E-state index contributed by atoms with van der Waals surface area (Å²) < 4.78 is 44.0. The molecule has 0 aliphatic carbocycles. The van der Waals surface area contributed by atoms with Gasteiger partial charge in [0.25, 0.3) is 5.91 Å². The molecule has 1 aliphatic rings. The second-order valence-corrected chi connectivity index (χ2v) is 4.65. The molecule has 2 rings (SSSR count). The molecule has 1 heterocycles. The zero-order valence-corrected chi connectivity index (χ0v) is 12.3. The lowest BCUT2D eigenvalue weighted by atomic mass is 10.2. The first-order chi connectivity index (χ1) is 10.8. The predicted molar refractivity (Wildman–Crippen MR) is 75.2 cm³/mol. The number of carbonyl (C=O) groups is 1. The molecule has 9 heteroatoms. The molecule has 0 radical (unpaired) electrons. The fraction of sp³-hybridized carbons (Fsp3) is 0.357. The number of hydrogen-bond acceptors (Lipinski definition) is 5. The van der Waals surface area contributed by atoms with E-state index in [1.807, 2.05) is 0 Å². The quantitative estimate of drug-likeness (QED) is 0.854. The predicted octanol–water partition coefficient (Wildman–Crippen LogP) is 2.18. The van der Waals surface area contributed by atoms with E-state index < -0.39 is 29.7 Å². The lowest BCUT2D eigenvalue weighted by molar-refractivity contribution is -0.139. The standard InChI is InChI=1S/C14H13F3N4O2/c1-3-23-13-20(2)12(22)11(8-18)19-21(13)10-6-4-5-9(7-10)14(15,16)17/h4-7,13H,3H2,1-2H3/t13-/m0/s1. The molecule has 0 fully saturated rings. The van der Waals surface area contributed by atoms with E-state index in [9.17, 15) is 18.0 Å². The van der Waals surface area contributed by atoms with Crippen LogP contribution in [0.2, 0.25) is 0 Å². The molecule has 6 nitrogen and oxygen atoms in total. The zero-order chi connectivity index (χ0) is 17.2. The van der Waals surface area contributed by atoms with Gasteiger partial charge in [-0.3, -0.25) is 9.69 Å². The van der Waals surface area contributed by atoms with E-state index in [0.717, 1.165) is 22.0 Å². The Balaban J connectivity index is 2.51. The van der Waals surface area contributed by atoms with Crippen molar-refractivity contribution in [1.29, 1.82) is 5.26 Å². The Morgan fingerprint density at radius 1 is 1.43 bits per heavy atom. The van der Waals surface area contributed by atoms with E-state index in [-0.39, 0.29) is 12.3 Å². The van der Waals surface area contributed by atoms with Gasteiger partial charge in [0, 0.05) is 13.7 Å². The monoisotopic (exact) mass is 326 g/mol. The molecule has 0 bridgehead atoms. The molecule has 0 N–H and O–H groups in total. The number of nitrogens with zero attached hydrogens (tertiary/aromatic N) is 4. The topological polar surface area (TPSA) is 68.9 Å². The van der Waals surface area contributed by atoms with Crippen molar-refractivity contribution in [2.45, 2.75) is 19.5 Å². The van der Waals surface area contributed by atoms with E-state index in [2.05, 4.69) is 5.10 Å². The highest BCUT2D eigenvalue weighted by atomic mass is 19.4. The molecule has 0 saturated heterocycles. The van der Waals surface area contributed by atoms with Crippen LogP contribution in [0, 0.1) is 11.3 Å². The van der Waals surface area contributed by atoms with Crippen molar-refractivity contribution in [3.8, 4) is 6.07 Å². The van der Waals surface area contributed by atoms with Gasteiger partial charge in [0.15, 0.2) is 0 Å². The van der Waals surface area contributed by atoms with Crippen LogP contribution in [0.4, 0.5) is 18.9 Å². The summed E-state index contributed by atoms with van der Waals surface area (Å²) in [4.78, 5) is 13.0. The van der Waals surface area contributed by atoms with Crippen molar-refractivity contribution in [3.05, 3.63) is 29.8 Å². The summed E-state index contributed by atoms with van der Waals surface area (Å²) in [6.45, 7) is 1.88. The molecular formula is C14H13F3N4O2. The third kappa shape index (κ3) is 3.27. The van der Waals surface area contributed by atoms with Crippen LogP contribution >= 0.6 is 0 Å². The number of nitriles is 1. The number of benzene rings is 1. The molecule has 0 saturated carbocycles. The van der Waals surface area contributed by atoms with Crippen molar-refractivity contribution in [1.82, 2.24) is 4.90 Å². The van der Waals surface area contributed by atoms with Gasteiger partial charge in [-0.1, -0.05) is 6.07 Å². The van der Waals surface area contributed by atoms with E-state index in [1.54, 1.807) is 13.0 Å². The molecule has 122 valence electrons. The Labute approximate surface area is 130 Å². The van der Waals surface area contributed by atoms with E-state index in [4.69, 9.17) is 10.00 Å². The molecule has 1 aliphatic heterocycles. The molecule has 1 atom stereocenters. The van der Waals surface area contributed by atoms with Crippen molar-refractivity contribution in [3.63, 3.8) is 0 Å². The number of anilines is 1. The SMILES string of the molecule is CCO[C@H]1N(C)C(=O)C(C#N)=NN1c1cccc(C(F)(F)F)c1. The maximum atomic E-state index is 12.9. The molecule has 0 aromatic heterocycles. The Bertz CT molecular complexity index is 681. The highest BCUT2D eigenvalue weighted by molar-refractivity contribution is 6.45. The second-order valence-electron chi connectivity index (χ2n) is 4.65. The summed E-state index contributed by atoms with van der Waals surface area (Å²) in [7, 11) is 1.38. The lowest BCUT2D eigenvalue weighted by Crippen LogP contribution is -2.55. The minimum Gasteiger partial charge on any atom is -0.339 e. The van der Waals surface area contributed by atoms with Crippen LogP contribution in [0.25, 0.3) is 0 Å². The summed E-state index contributed by atoms with van der Waals surface area (Å²) in [5.41, 5.74) is -1.23. The van der Waals surface area contributed by atoms with Gasteiger partial charge < -0.3 is 4.74 Å².